The quantitative estimate of drug-likeness (QED) is 0.889. The van der Waals surface area contributed by atoms with E-state index in [0.29, 0.717) is 17.6 Å². The fraction of sp³-hybridized carbons (Fsp3) is 0.722. The highest BCUT2D eigenvalue weighted by atomic mass is 32.2. The summed E-state index contributed by atoms with van der Waals surface area (Å²) in [6.07, 6.45) is 6.13. The molecule has 25 heavy (non-hydrogen) atoms. The zero-order valence-electron chi connectivity index (χ0n) is 15.0. The van der Waals surface area contributed by atoms with E-state index in [4.69, 9.17) is 9.56 Å². The fourth-order valence-electron chi connectivity index (χ4n) is 6.09. The second-order valence-electron chi connectivity index (χ2n) is 8.30. The number of nitrogens with zero attached hydrogens (tertiary/aromatic N) is 1. The Hall–Kier alpha value is -1.34. The van der Waals surface area contributed by atoms with E-state index < -0.39 is 10.0 Å². The Labute approximate surface area is 148 Å². The van der Waals surface area contributed by atoms with Crippen LogP contribution in [-0.4, -0.2) is 32.3 Å². The predicted molar refractivity (Wildman–Crippen MR) is 92.5 cm³/mol. The van der Waals surface area contributed by atoms with E-state index >= 15 is 0 Å². The fourth-order valence-corrected chi connectivity index (χ4v) is 7.05. The average Bonchev–Trinajstić information content (AvgIpc) is 2.79. The number of carbonyl (C=O) groups is 1. The van der Waals surface area contributed by atoms with E-state index in [0.717, 1.165) is 11.8 Å². The zero-order valence-corrected chi connectivity index (χ0v) is 15.8. The van der Waals surface area contributed by atoms with Crippen LogP contribution >= 0.6 is 0 Å². The summed E-state index contributed by atoms with van der Waals surface area (Å²) in [4.78, 5) is 14.8. The smallest absolute Gasteiger partial charge is 0.258 e. The van der Waals surface area contributed by atoms with Gasteiger partial charge < -0.3 is 9.32 Å². The number of amides is 1. The van der Waals surface area contributed by atoms with Gasteiger partial charge in [-0.05, 0) is 69.6 Å². The largest absolute Gasteiger partial charge is 0.464 e. The second-order valence-corrected chi connectivity index (χ2v) is 9.80. The first kappa shape index (κ1) is 17.1. The summed E-state index contributed by atoms with van der Waals surface area (Å²) < 4.78 is 29.4. The van der Waals surface area contributed by atoms with Gasteiger partial charge in [0.2, 0.25) is 10.0 Å². The summed E-state index contributed by atoms with van der Waals surface area (Å²) >= 11 is 0. The summed E-state index contributed by atoms with van der Waals surface area (Å²) in [5.41, 5.74) is 0.108. The minimum absolute atomic E-state index is 0.108. The van der Waals surface area contributed by atoms with Crippen LogP contribution in [-0.2, 0) is 10.0 Å². The van der Waals surface area contributed by atoms with Gasteiger partial charge >= 0.3 is 0 Å². The SMILES string of the molecule is Cc1oc(C)c(S(N)(=O)=O)c1C(=O)N(C)C1C2CC3CC(C2)CC1C3. The zero-order chi connectivity index (χ0) is 18.1. The summed E-state index contributed by atoms with van der Waals surface area (Å²) in [5, 5.41) is 5.35. The normalized spacial score (nSPS) is 33.7. The van der Waals surface area contributed by atoms with Crippen molar-refractivity contribution in [2.45, 2.75) is 56.9 Å². The standard InChI is InChI=1S/C18H26N2O4S/c1-9-15(17(10(2)24-9)25(19,22)23)18(21)20(3)16-13-5-11-4-12(7-13)8-14(16)6-11/h11-14,16H,4-8H2,1-3H3,(H2,19,22,23). The highest BCUT2D eigenvalue weighted by Gasteiger charge is 2.50. The molecule has 0 aromatic carbocycles. The van der Waals surface area contributed by atoms with Gasteiger partial charge in [0.1, 0.15) is 22.0 Å². The van der Waals surface area contributed by atoms with Crippen LogP contribution in [0.1, 0.15) is 54.0 Å². The van der Waals surface area contributed by atoms with Crippen LogP contribution in [0.15, 0.2) is 9.31 Å². The topological polar surface area (TPSA) is 93.6 Å². The van der Waals surface area contributed by atoms with Crippen LogP contribution in [0.3, 0.4) is 0 Å². The molecule has 6 nitrogen and oxygen atoms in total. The van der Waals surface area contributed by atoms with Gasteiger partial charge in [0.25, 0.3) is 5.91 Å². The lowest BCUT2D eigenvalue weighted by molar-refractivity contribution is -0.0492. The summed E-state index contributed by atoms with van der Waals surface area (Å²) in [6, 6.07) is 0.197. The molecule has 0 saturated heterocycles. The average molecular weight is 366 g/mol. The lowest BCUT2D eigenvalue weighted by Crippen LogP contribution is -2.56. The Balaban J connectivity index is 1.68. The van der Waals surface area contributed by atoms with Crippen LogP contribution < -0.4 is 5.14 Å². The lowest BCUT2D eigenvalue weighted by atomic mass is 9.54. The van der Waals surface area contributed by atoms with Crippen LogP contribution in [0.25, 0.3) is 0 Å². The van der Waals surface area contributed by atoms with E-state index in [1.54, 1.807) is 11.8 Å². The molecule has 138 valence electrons. The molecular weight excluding hydrogens is 340 g/mol. The number of nitrogens with two attached hydrogens (primary N) is 1. The minimum atomic E-state index is -4.01. The highest BCUT2D eigenvalue weighted by Crippen LogP contribution is 2.55. The summed E-state index contributed by atoms with van der Waals surface area (Å²) in [5.74, 6) is 2.94. The first-order valence-corrected chi connectivity index (χ1v) is 10.6. The Morgan fingerprint density at radius 2 is 1.56 bits per heavy atom. The summed E-state index contributed by atoms with van der Waals surface area (Å²) in [7, 11) is -2.20. The van der Waals surface area contributed by atoms with Gasteiger partial charge in [-0.2, -0.15) is 0 Å². The molecule has 0 unspecified atom stereocenters. The first-order valence-electron chi connectivity index (χ1n) is 9.06. The molecule has 1 heterocycles. The molecule has 4 bridgehead atoms. The highest BCUT2D eigenvalue weighted by molar-refractivity contribution is 7.89. The van der Waals surface area contributed by atoms with Crippen molar-refractivity contribution in [3.05, 3.63) is 17.1 Å². The number of carbonyl (C=O) groups excluding carboxylic acids is 1. The van der Waals surface area contributed by atoms with Gasteiger partial charge in [-0.15, -0.1) is 0 Å². The Kier molecular flexibility index (Phi) is 3.81. The molecule has 4 aliphatic carbocycles. The molecule has 4 aliphatic rings. The van der Waals surface area contributed by atoms with Crippen molar-refractivity contribution < 1.29 is 17.6 Å². The first-order chi connectivity index (χ1) is 11.7. The third-order valence-electron chi connectivity index (χ3n) is 6.65. The van der Waals surface area contributed by atoms with Gasteiger partial charge in [0, 0.05) is 13.1 Å². The maximum atomic E-state index is 13.2. The van der Waals surface area contributed by atoms with Crippen molar-refractivity contribution in [1.29, 1.82) is 0 Å². The molecule has 1 aromatic heterocycles. The van der Waals surface area contributed by atoms with Gasteiger partial charge in [-0.3, -0.25) is 4.79 Å². The van der Waals surface area contributed by atoms with Gasteiger partial charge in [-0.1, -0.05) is 0 Å². The Morgan fingerprint density at radius 1 is 1.04 bits per heavy atom. The molecule has 1 amide bonds. The molecule has 4 saturated carbocycles. The van der Waals surface area contributed by atoms with Crippen LogP contribution in [0, 0.1) is 37.5 Å². The minimum Gasteiger partial charge on any atom is -0.464 e. The number of hydrogen-bond acceptors (Lipinski definition) is 4. The maximum absolute atomic E-state index is 13.2. The van der Waals surface area contributed by atoms with Gasteiger partial charge in [-0.25, -0.2) is 13.6 Å². The van der Waals surface area contributed by atoms with E-state index in [2.05, 4.69) is 0 Å². The second kappa shape index (κ2) is 5.58. The number of rotatable bonds is 3. The molecule has 0 atom stereocenters. The Morgan fingerprint density at radius 3 is 2.04 bits per heavy atom. The van der Waals surface area contributed by atoms with Gasteiger partial charge in [0.05, 0.1) is 0 Å². The maximum Gasteiger partial charge on any atom is 0.258 e. The molecule has 1 aromatic rings. The van der Waals surface area contributed by atoms with Crippen LogP contribution in [0.4, 0.5) is 0 Å². The molecule has 0 radical (unpaired) electrons. The molecule has 5 rings (SSSR count). The van der Waals surface area contributed by atoms with Crippen molar-refractivity contribution in [2.24, 2.45) is 28.8 Å². The molecule has 4 fully saturated rings. The molecule has 2 N–H and O–H groups in total. The lowest BCUT2D eigenvalue weighted by Gasteiger charge is -2.56. The number of primary sulfonamides is 1. The van der Waals surface area contributed by atoms with E-state index in [1.807, 2.05) is 7.05 Å². The number of aryl methyl sites for hydroxylation is 2. The molecule has 0 aliphatic heterocycles. The van der Waals surface area contributed by atoms with E-state index in [-0.39, 0.29) is 28.2 Å². The van der Waals surface area contributed by atoms with E-state index in [9.17, 15) is 13.2 Å². The molecular formula is C18H26N2O4S. The third-order valence-corrected chi connectivity index (χ3v) is 7.71. The van der Waals surface area contributed by atoms with Crippen molar-refractivity contribution in [1.82, 2.24) is 4.90 Å². The third kappa shape index (κ3) is 2.63. The molecule has 7 heteroatoms. The van der Waals surface area contributed by atoms with Crippen molar-refractivity contribution in [2.75, 3.05) is 7.05 Å². The summed E-state index contributed by atoms with van der Waals surface area (Å²) in [6.45, 7) is 3.16. The molecule has 0 spiro atoms. The van der Waals surface area contributed by atoms with Crippen molar-refractivity contribution in [3.8, 4) is 0 Å². The van der Waals surface area contributed by atoms with E-state index in [1.165, 1.54) is 39.0 Å². The van der Waals surface area contributed by atoms with Crippen LogP contribution in [0.2, 0.25) is 0 Å². The monoisotopic (exact) mass is 366 g/mol. The number of sulfonamides is 1. The number of furan rings is 1. The van der Waals surface area contributed by atoms with Gasteiger partial charge in [0.15, 0.2) is 0 Å². The number of hydrogen-bond donors (Lipinski definition) is 1. The van der Waals surface area contributed by atoms with Crippen molar-refractivity contribution >= 4 is 15.9 Å². The Bertz CT molecular complexity index is 798. The van der Waals surface area contributed by atoms with Crippen molar-refractivity contribution in [3.63, 3.8) is 0 Å². The predicted octanol–water partition coefficient (Wildman–Crippen LogP) is 2.44. The van der Waals surface area contributed by atoms with Crippen LogP contribution in [0.5, 0.6) is 0 Å².